The highest BCUT2D eigenvalue weighted by atomic mass is 31.1. The summed E-state index contributed by atoms with van der Waals surface area (Å²) in [6, 6.07) is 40.4. The summed E-state index contributed by atoms with van der Waals surface area (Å²) in [7, 11) is -0.904. The van der Waals surface area contributed by atoms with E-state index in [9.17, 15) is 0 Å². The molecule has 0 bridgehead atoms. The number of ether oxygens (including phenoxy) is 2. The first-order valence-corrected chi connectivity index (χ1v) is 23.8. The van der Waals surface area contributed by atoms with Crippen LogP contribution in [0.25, 0.3) is 22.3 Å². The largest absolute Gasteiger partial charge is 0.347 e. The number of hydrogen-bond acceptors (Lipinski definition) is 2. The lowest BCUT2D eigenvalue weighted by Gasteiger charge is -2.48. The van der Waals surface area contributed by atoms with Gasteiger partial charge in [-0.1, -0.05) is 194 Å². The second-order valence-corrected chi connectivity index (χ2v) is 21.6. The molecule has 3 heteroatoms. The van der Waals surface area contributed by atoms with Gasteiger partial charge < -0.3 is 9.47 Å². The summed E-state index contributed by atoms with van der Waals surface area (Å²) in [4.78, 5) is 0. The number of hydrogen-bond donors (Lipinski definition) is 0. The van der Waals surface area contributed by atoms with Crippen LogP contribution in [0.1, 0.15) is 187 Å². The summed E-state index contributed by atoms with van der Waals surface area (Å²) in [5.74, 6) is 1.75. The van der Waals surface area contributed by atoms with Gasteiger partial charge in [0.1, 0.15) is 0 Å². The fourth-order valence-corrected chi connectivity index (χ4v) is 13.7. The van der Waals surface area contributed by atoms with E-state index < -0.39 is 13.7 Å². The van der Waals surface area contributed by atoms with Gasteiger partial charge in [-0.25, -0.2) is 0 Å². The smallest absolute Gasteiger partial charge is 0.170 e. The molecule has 2 fully saturated rings. The second kappa shape index (κ2) is 17.6. The molecule has 58 heavy (non-hydrogen) atoms. The van der Waals surface area contributed by atoms with E-state index in [1.165, 1.54) is 66.8 Å². The summed E-state index contributed by atoms with van der Waals surface area (Å²) >= 11 is 0. The molecule has 2 unspecified atom stereocenters. The topological polar surface area (TPSA) is 18.5 Å². The molecule has 2 heterocycles. The zero-order valence-electron chi connectivity index (χ0n) is 37.5. The van der Waals surface area contributed by atoms with Crippen LogP contribution in [0.15, 0.2) is 103 Å². The van der Waals surface area contributed by atoms with Gasteiger partial charge in [-0.15, -0.1) is 0 Å². The number of benzene rings is 5. The molecule has 2 aliphatic rings. The van der Waals surface area contributed by atoms with Gasteiger partial charge in [-0.2, -0.15) is 0 Å². The van der Waals surface area contributed by atoms with Crippen molar-refractivity contribution < 1.29 is 9.47 Å². The van der Waals surface area contributed by atoms with E-state index in [0.29, 0.717) is 48.7 Å². The first-order valence-electron chi connectivity index (χ1n) is 22.4. The summed E-state index contributed by atoms with van der Waals surface area (Å²) in [5, 5.41) is 1.55. The molecule has 0 N–H and O–H groups in total. The Hall–Kier alpha value is -3.55. The molecule has 2 nitrogen and oxygen atoms in total. The van der Waals surface area contributed by atoms with Crippen molar-refractivity contribution >= 4 is 13.2 Å². The quantitative estimate of drug-likeness (QED) is 0.124. The first-order chi connectivity index (χ1) is 27.7. The van der Waals surface area contributed by atoms with Gasteiger partial charge in [-0.3, -0.25) is 0 Å². The minimum atomic E-state index is -0.904. The zero-order chi connectivity index (χ0) is 41.5. The van der Waals surface area contributed by atoms with Crippen LogP contribution in [-0.4, -0.2) is 19.0 Å². The van der Waals surface area contributed by atoms with Gasteiger partial charge in [0.05, 0.1) is 13.2 Å². The van der Waals surface area contributed by atoms with Crippen molar-refractivity contribution in [3.05, 3.63) is 148 Å². The van der Waals surface area contributed by atoms with Crippen molar-refractivity contribution in [1.29, 1.82) is 0 Å². The lowest BCUT2D eigenvalue weighted by Crippen LogP contribution is -2.39. The maximum atomic E-state index is 6.76. The molecule has 5 aromatic rings. The molecule has 5 aromatic carbocycles. The van der Waals surface area contributed by atoms with E-state index in [2.05, 4.69) is 186 Å². The molecule has 0 radical (unpaired) electrons. The van der Waals surface area contributed by atoms with Crippen LogP contribution in [-0.2, 0) is 9.47 Å². The Kier molecular flexibility index (Phi) is 12.9. The highest BCUT2D eigenvalue weighted by Crippen LogP contribution is 2.71. The third-order valence-corrected chi connectivity index (χ3v) is 16.3. The molecule has 306 valence electrons. The molecule has 2 aliphatic heterocycles. The van der Waals surface area contributed by atoms with Crippen LogP contribution >= 0.6 is 7.92 Å². The Balaban J connectivity index is 1.68. The molecular weight excluding hydrogens is 724 g/mol. The Bertz CT molecular complexity index is 1970. The van der Waals surface area contributed by atoms with Gasteiger partial charge in [-0.05, 0) is 108 Å². The first kappa shape index (κ1) is 42.6. The Morgan fingerprint density at radius 3 is 1.10 bits per heavy atom. The van der Waals surface area contributed by atoms with E-state index in [4.69, 9.17) is 9.47 Å². The molecule has 2 saturated heterocycles. The van der Waals surface area contributed by atoms with E-state index in [1.807, 2.05) is 0 Å². The monoisotopic (exact) mass is 793 g/mol. The van der Waals surface area contributed by atoms with E-state index in [-0.39, 0.29) is 11.3 Å². The van der Waals surface area contributed by atoms with Crippen LogP contribution in [0.5, 0.6) is 0 Å². The predicted molar refractivity (Wildman–Crippen MR) is 251 cm³/mol. The van der Waals surface area contributed by atoms with Crippen LogP contribution < -0.4 is 5.30 Å². The minimum absolute atomic E-state index is 0.216. The lowest BCUT2D eigenvalue weighted by atomic mass is 9.79. The highest BCUT2D eigenvalue weighted by Gasteiger charge is 2.52. The van der Waals surface area contributed by atoms with Crippen molar-refractivity contribution in [3.8, 4) is 22.3 Å². The minimum Gasteiger partial charge on any atom is -0.347 e. The van der Waals surface area contributed by atoms with E-state index in [0.717, 1.165) is 12.8 Å². The maximum absolute atomic E-state index is 6.76. The van der Waals surface area contributed by atoms with Crippen molar-refractivity contribution in [3.63, 3.8) is 0 Å². The summed E-state index contributed by atoms with van der Waals surface area (Å²) in [6.45, 7) is 29.9. The van der Waals surface area contributed by atoms with Crippen molar-refractivity contribution in [2.75, 3.05) is 13.2 Å². The fraction of sp³-hybridized carbons (Fsp3) is 0.455. The van der Waals surface area contributed by atoms with Crippen LogP contribution in [0.4, 0.5) is 0 Å². The van der Waals surface area contributed by atoms with Crippen LogP contribution in [0.3, 0.4) is 0 Å². The molecule has 0 saturated carbocycles. The SMILES string of the molecule is CC(C)c1cc(C(C)C)c(-c2cccc(-c3c(C(C)C)cc(C(C)C)cc3C(C)C)c2P2C(c3ccccc3)CC3(CC2c2ccccc2)OCCO3)c(C(C)C)c1. The van der Waals surface area contributed by atoms with Gasteiger partial charge in [0, 0.05) is 24.2 Å². The molecule has 0 amide bonds. The zero-order valence-corrected chi connectivity index (χ0v) is 38.4. The van der Waals surface area contributed by atoms with Gasteiger partial charge in [0.15, 0.2) is 5.79 Å². The van der Waals surface area contributed by atoms with Gasteiger partial charge in [0.25, 0.3) is 0 Å². The average molecular weight is 793 g/mol. The molecule has 2 atom stereocenters. The third-order valence-electron chi connectivity index (χ3n) is 13.0. The summed E-state index contributed by atoms with van der Waals surface area (Å²) in [5.41, 5.74) is 17.7. The molecule has 0 aliphatic carbocycles. The fourth-order valence-electron chi connectivity index (χ4n) is 9.80. The number of rotatable bonds is 11. The highest BCUT2D eigenvalue weighted by molar-refractivity contribution is 7.67. The lowest BCUT2D eigenvalue weighted by molar-refractivity contribution is -0.170. The van der Waals surface area contributed by atoms with E-state index in [1.54, 1.807) is 5.30 Å². The van der Waals surface area contributed by atoms with Gasteiger partial charge in [0.2, 0.25) is 0 Å². The Morgan fingerprint density at radius 1 is 0.448 bits per heavy atom. The predicted octanol–water partition coefficient (Wildman–Crippen LogP) is 15.9. The van der Waals surface area contributed by atoms with E-state index >= 15 is 0 Å². The van der Waals surface area contributed by atoms with Crippen molar-refractivity contribution in [2.45, 2.75) is 149 Å². The second-order valence-electron chi connectivity index (χ2n) is 19.1. The van der Waals surface area contributed by atoms with Crippen LogP contribution in [0, 0.1) is 0 Å². The Morgan fingerprint density at radius 2 is 0.793 bits per heavy atom. The standard InChI is InChI=1S/C55H69O2P/c1-34(2)42-28-46(36(5)6)52(47(29-42)37(7)8)44-24-19-25-45(53-48(38(9)10)30-43(35(3)4)31-49(53)39(11)12)54(44)58-50(40-20-15-13-16-21-40)32-55(56-26-27-57-55)33-51(58)41-22-17-14-18-23-41/h13-25,28-31,34-39,50-51H,26-27,32-33H2,1-12H3. The summed E-state index contributed by atoms with van der Waals surface area (Å²) in [6.07, 6.45) is 1.70. The average Bonchev–Trinajstić information content (AvgIpc) is 3.66. The van der Waals surface area contributed by atoms with Gasteiger partial charge >= 0.3 is 0 Å². The Labute approximate surface area is 352 Å². The molecule has 1 spiro atoms. The normalized spacial score (nSPS) is 19.5. The van der Waals surface area contributed by atoms with Crippen molar-refractivity contribution in [1.82, 2.24) is 0 Å². The molecule has 0 aromatic heterocycles. The summed E-state index contributed by atoms with van der Waals surface area (Å²) < 4.78 is 13.5. The van der Waals surface area contributed by atoms with Crippen LogP contribution in [0.2, 0.25) is 0 Å². The molecular formula is C55H69O2P. The third kappa shape index (κ3) is 8.29. The van der Waals surface area contributed by atoms with Crippen molar-refractivity contribution in [2.24, 2.45) is 0 Å². The molecule has 7 rings (SSSR count). The maximum Gasteiger partial charge on any atom is 0.170 e.